The lowest BCUT2D eigenvalue weighted by atomic mass is 9.78. The molecule has 2 aromatic rings. The Hall–Kier alpha value is -1.74. The minimum absolute atomic E-state index is 0.0395. The molecule has 4 heterocycles. The minimum atomic E-state index is 0.0395. The lowest BCUT2D eigenvalue weighted by Crippen LogP contribution is -2.56. The van der Waals surface area contributed by atoms with Crippen LogP contribution in [-0.2, 0) is 9.47 Å². The Morgan fingerprint density at radius 1 is 1.12 bits per heavy atom. The smallest absolute Gasteiger partial charge is 0.208 e. The summed E-state index contributed by atoms with van der Waals surface area (Å²) < 4.78 is 17.5. The van der Waals surface area contributed by atoms with Crippen LogP contribution in [0, 0.1) is 5.41 Å². The molecule has 2 atom stereocenters. The van der Waals surface area contributed by atoms with Gasteiger partial charge >= 0.3 is 0 Å². The summed E-state index contributed by atoms with van der Waals surface area (Å²) in [5.41, 5.74) is 3.71. The summed E-state index contributed by atoms with van der Waals surface area (Å²) in [7, 11) is 0. The van der Waals surface area contributed by atoms with E-state index in [4.69, 9.17) is 14.2 Å². The summed E-state index contributed by atoms with van der Waals surface area (Å²) in [4.78, 5) is 5.18. The number of aromatic nitrogens is 2. The highest BCUT2D eigenvalue weighted by Crippen LogP contribution is 2.49. The van der Waals surface area contributed by atoms with Crippen molar-refractivity contribution in [3.63, 3.8) is 0 Å². The highest BCUT2D eigenvalue weighted by Gasteiger charge is 2.50. The van der Waals surface area contributed by atoms with Crippen molar-refractivity contribution >= 4 is 16.5 Å². The SMILES string of the molecule is c1ccc(C2CCN([C@@H]3CCC4(C3)CN(c3nncs3)C4)CC2)c(OC[C@H]2COCCO2)c1. The van der Waals surface area contributed by atoms with Crippen molar-refractivity contribution in [2.75, 3.05) is 57.5 Å². The topological polar surface area (TPSA) is 60.0 Å². The van der Waals surface area contributed by atoms with Gasteiger partial charge in [0.05, 0.1) is 19.8 Å². The number of hydrogen-bond donors (Lipinski definition) is 0. The Morgan fingerprint density at radius 3 is 2.79 bits per heavy atom. The number of hydrogen-bond acceptors (Lipinski definition) is 8. The van der Waals surface area contributed by atoms with E-state index in [9.17, 15) is 0 Å². The Bertz CT molecular complexity index is 906. The van der Waals surface area contributed by atoms with Gasteiger partial charge in [0.1, 0.15) is 24.0 Å². The van der Waals surface area contributed by atoms with Crippen molar-refractivity contribution in [2.24, 2.45) is 5.41 Å². The third kappa shape index (κ3) is 4.63. The van der Waals surface area contributed by atoms with Gasteiger partial charge in [0.15, 0.2) is 0 Å². The number of rotatable bonds is 6. The molecule has 0 bridgehead atoms. The standard InChI is InChI=1S/C25H34N4O3S/c1-2-4-23(32-15-21-14-30-11-12-31-21)22(3-1)19-6-9-28(10-7-19)20-5-8-25(13-20)16-29(17-25)24-27-26-18-33-24/h1-4,18-21H,5-17H2/t20-,21-/m1/s1. The van der Waals surface area contributed by atoms with E-state index < -0.39 is 0 Å². The molecule has 0 unspecified atom stereocenters. The van der Waals surface area contributed by atoms with Crippen molar-refractivity contribution in [3.05, 3.63) is 35.3 Å². The van der Waals surface area contributed by atoms with Gasteiger partial charge in [-0.1, -0.05) is 29.5 Å². The van der Waals surface area contributed by atoms with Crippen molar-refractivity contribution in [2.45, 2.75) is 50.2 Å². The lowest BCUT2D eigenvalue weighted by molar-refractivity contribution is -0.101. The number of anilines is 1. The van der Waals surface area contributed by atoms with E-state index in [1.54, 1.807) is 11.3 Å². The van der Waals surface area contributed by atoms with Crippen molar-refractivity contribution in [3.8, 4) is 5.75 Å². The maximum absolute atomic E-state index is 6.21. The molecule has 4 fully saturated rings. The maximum atomic E-state index is 6.21. The molecule has 0 amide bonds. The summed E-state index contributed by atoms with van der Waals surface area (Å²) >= 11 is 1.66. The zero-order valence-electron chi connectivity index (χ0n) is 19.2. The second-order valence-electron chi connectivity index (χ2n) is 10.2. The van der Waals surface area contributed by atoms with E-state index >= 15 is 0 Å². The molecule has 4 aliphatic rings. The summed E-state index contributed by atoms with van der Waals surface area (Å²) in [6, 6.07) is 9.35. The van der Waals surface area contributed by atoms with Gasteiger partial charge in [-0.05, 0) is 62.7 Å². The fraction of sp³-hybridized carbons (Fsp3) is 0.680. The first-order valence-corrected chi connectivity index (χ1v) is 13.3. The van der Waals surface area contributed by atoms with Crippen LogP contribution in [0.5, 0.6) is 5.75 Å². The average molecular weight is 471 g/mol. The quantitative estimate of drug-likeness (QED) is 0.640. The molecule has 1 saturated carbocycles. The van der Waals surface area contributed by atoms with E-state index in [2.05, 4.69) is 44.3 Å². The molecule has 6 rings (SSSR count). The fourth-order valence-corrected chi connectivity index (χ4v) is 6.88. The second kappa shape index (κ2) is 9.49. The third-order valence-corrected chi connectivity index (χ3v) is 8.81. The van der Waals surface area contributed by atoms with Gasteiger partial charge in [-0.2, -0.15) is 0 Å². The van der Waals surface area contributed by atoms with Crippen LogP contribution in [0.4, 0.5) is 5.13 Å². The first-order valence-electron chi connectivity index (χ1n) is 12.4. The molecule has 1 spiro atoms. The molecule has 0 N–H and O–H groups in total. The van der Waals surface area contributed by atoms with E-state index in [-0.39, 0.29) is 6.10 Å². The number of ether oxygens (including phenoxy) is 3. The maximum Gasteiger partial charge on any atom is 0.208 e. The van der Waals surface area contributed by atoms with Gasteiger partial charge in [-0.15, -0.1) is 10.2 Å². The molecule has 0 radical (unpaired) electrons. The van der Waals surface area contributed by atoms with Crippen LogP contribution >= 0.6 is 11.3 Å². The molecule has 1 aliphatic carbocycles. The number of likely N-dealkylation sites (tertiary alicyclic amines) is 1. The summed E-state index contributed by atoms with van der Waals surface area (Å²) in [6.45, 7) is 7.26. The van der Waals surface area contributed by atoms with Gasteiger partial charge in [-0.3, -0.25) is 0 Å². The molecular formula is C25H34N4O3S. The Kier molecular flexibility index (Phi) is 6.26. The third-order valence-electron chi connectivity index (χ3n) is 8.06. The van der Waals surface area contributed by atoms with E-state index in [0.29, 0.717) is 37.8 Å². The molecule has 1 aromatic heterocycles. The number of benzene rings is 1. The second-order valence-corrected chi connectivity index (χ2v) is 11.0. The van der Waals surface area contributed by atoms with Gasteiger partial charge in [0, 0.05) is 24.5 Å². The van der Waals surface area contributed by atoms with Crippen LogP contribution in [0.25, 0.3) is 0 Å². The monoisotopic (exact) mass is 470 g/mol. The average Bonchev–Trinajstić information content (AvgIpc) is 3.53. The zero-order chi connectivity index (χ0) is 22.1. The number of nitrogens with zero attached hydrogens (tertiary/aromatic N) is 4. The number of piperidine rings is 1. The zero-order valence-corrected chi connectivity index (χ0v) is 20.0. The minimum Gasteiger partial charge on any atom is -0.490 e. The predicted octanol–water partition coefficient (Wildman–Crippen LogP) is 3.57. The highest BCUT2D eigenvalue weighted by atomic mass is 32.1. The summed E-state index contributed by atoms with van der Waals surface area (Å²) in [5.74, 6) is 1.60. The van der Waals surface area contributed by atoms with Gasteiger partial charge in [0.2, 0.25) is 5.13 Å². The van der Waals surface area contributed by atoms with Crippen LogP contribution in [0.3, 0.4) is 0 Å². The van der Waals surface area contributed by atoms with Crippen LogP contribution in [0.1, 0.15) is 43.6 Å². The van der Waals surface area contributed by atoms with Crippen LogP contribution < -0.4 is 9.64 Å². The van der Waals surface area contributed by atoms with Crippen LogP contribution in [0.2, 0.25) is 0 Å². The Labute approximate surface area is 200 Å². The first-order chi connectivity index (χ1) is 16.3. The highest BCUT2D eigenvalue weighted by molar-refractivity contribution is 7.13. The van der Waals surface area contributed by atoms with Gasteiger partial charge in [-0.25, -0.2) is 0 Å². The van der Waals surface area contributed by atoms with E-state index in [1.807, 2.05) is 5.51 Å². The summed E-state index contributed by atoms with van der Waals surface area (Å²) in [6.07, 6.45) is 6.51. The molecule has 3 saturated heterocycles. The van der Waals surface area contributed by atoms with Gasteiger partial charge in [0.25, 0.3) is 0 Å². The predicted molar refractivity (Wildman–Crippen MR) is 128 cm³/mol. The molecule has 1 aromatic carbocycles. The number of para-hydroxylation sites is 1. The van der Waals surface area contributed by atoms with Gasteiger partial charge < -0.3 is 24.0 Å². The molecule has 8 heteroatoms. The first kappa shape index (κ1) is 21.8. The van der Waals surface area contributed by atoms with Crippen LogP contribution in [-0.4, -0.2) is 79.8 Å². The van der Waals surface area contributed by atoms with Crippen molar-refractivity contribution < 1.29 is 14.2 Å². The normalized spacial score (nSPS) is 28.2. The molecular weight excluding hydrogens is 436 g/mol. The van der Waals surface area contributed by atoms with Crippen LogP contribution in [0.15, 0.2) is 29.8 Å². The Balaban J connectivity index is 1.01. The van der Waals surface area contributed by atoms with Crippen molar-refractivity contribution in [1.82, 2.24) is 15.1 Å². The lowest BCUT2D eigenvalue weighted by Gasteiger charge is -2.48. The largest absolute Gasteiger partial charge is 0.490 e. The van der Waals surface area contributed by atoms with E-state index in [0.717, 1.165) is 30.0 Å². The molecule has 178 valence electrons. The summed E-state index contributed by atoms with van der Waals surface area (Å²) in [5, 5.41) is 9.34. The molecule has 7 nitrogen and oxygen atoms in total. The molecule has 3 aliphatic heterocycles. The Morgan fingerprint density at radius 2 is 2.00 bits per heavy atom. The molecule has 33 heavy (non-hydrogen) atoms. The fourth-order valence-electron chi connectivity index (χ4n) is 6.32. The van der Waals surface area contributed by atoms with Crippen molar-refractivity contribution in [1.29, 1.82) is 0 Å². The van der Waals surface area contributed by atoms with E-state index in [1.165, 1.54) is 50.8 Å².